The number of anilines is 1. The molecule has 32 heavy (non-hydrogen) atoms. The standard InChI is InChI=1S/C25H16Cl2FN3O/c26-21-5-3-6-22(24(21)27)30-25(32)17(13-29)12-18-15-31(23-7-2-1-4-20(18)23)14-16-8-10-19(28)11-9-16/h1-12,15H,14H2,(H,30,32)/b17-12-. The zero-order valence-electron chi connectivity index (χ0n) is 16.6. The first-order valence-corrected chi connectivity index (χ1v) is 10.4. The van der Waals surface area contributed by atoms with Gasteiger partial charge in [-0.3, -0.25) is 4.79 Å². The number of aromatic nitrogens is 1. The van der Waals surface area contributed by atoms with Crippen LogP contribution in [0.15, 0.2) is 78.5 Å². The van der Waals surface area contributed by atoms with Crippen LogP contribution in [0.4, 0.5) is 10.1 Å². The van der Waals surface area contributed by atoms with Gasteiger partial charge in [0.05, 0.1) is 15.7 Å². The highest BCUT2D eigenvalue weighted by Crippen LogP contribution is 2.30. The number of hydrogen-bond acceptors (Lipinski definition) is 2. The van der Waals surface area contributed by atoms with Gasteiger partial charge in [0.25, 0.3) is 5.91 Å². The molecule has 1 heterocycles. The summed E-state index contributed by atoms with van der Waals surface area (Å²) >= 11 is 12.1. The zero-order chi connectivity index (χ0) is 22.7. The highest BCUT2D eigenvalue weighted by Gasteiger charge is 2.15. The molecule has 4 aromatic rings. The van der Waals surface area contributed by atoms with Gasteiger partial charge in [0.2, 0.25) is 0 Å². The van der Waals surface area contributed by atoms with Gasteiger partial charge in [-0.25, -0.2) is 4.39 Å². The quantitative estimate of drug-likeness (QED) is 0.265. The first kappa shape index (κ1) is 21.6. The van der Waals surface area contributed by atoms with Crippen LogP contribution < -0.4 is 5.32 Å². The van der Waals surface area contributed by atoms with E-state index >= 15 is 0 Å². The molecular weight excluding hydrogens is 448 g/mol. The Bertz CT molecular complexity index is 1380. The van der Waals surface area contributed by atoms with Crippen molar-refractivity contribution in [1.29, 1.82) is 5.26 Å². The number of benzene rings is 3. The highest BCUT2D eigenvalue weighted by molar-refractivity contribution is 6.44. The lowest BCUT2D eigenvalue weighted by Gasteiger charge is -2.07. The van der Waals surface area contributed by atoms with Crippen molar-refractivity contribution in [2.75, 3.05) is 5.32 Å². The maximum absolute atomic E-state index is 13.2. The molecule has 1 aromatic heterocycles. The van der Waals surface area contributed by atoms with Gasteiger partial charge in [0.1, 0.15) is 17.5 Å². The first-order chi connectivity index (χ1) is 15.5. The number of hydrogen-bond donors (Lipinski definition) is 1. The fraction of sp³-hybridized carbons (Fsp3) is 0.0400. The summed E-state index contributed by atoms with van der Waals surface area (Å²) in [5.41, 5.74) is 2.82. The van der Waals surface area contributed by atoms with Crippen molar-refractivity contribution >= 4 is 51.8 Å². The molecule has 0 saturated heterocycles. The Morgan fingerprint density at radius 2 is 1.81 bits per heavy atom. The van der Waals surface area contributed by atoms with E-state index in [2.05, 4.69) is 5.32 Å². The number of rotatable bonds is 5. The van der Waals surface area contributed by atoms with E-state index in [9.17, 15) is 14.4 Å². The lowest BCUT2D eigenvalue weighted by Crippen LogP contribution is -2.13. The van der Waals surface area contributed by atoms with Crippen LogP contribution in [0.1, 0.15) is 11.1 Å². The smallest absolute Gasteiger partial charge is 0.266 e. The topological polar surface area (TPSA) is 57.8 Å². The van der Waals surface area contributed by atoms with Crippen molar-refractivity contribution in [3.63, 3.8) is 0 Å². The lowest BCUT2D eigenvalue weighted by atomic mass is 10.1. The van der Waals surface area contributed by atoms with E-state index in [1.54, 1.807) is 30.3 Å². The molecule has 1 N–H and O–H groups in total. The largest absolute Gasteiger partial charge is 0.342 e. The molecular formula is C25H16Cl2FN3O. The number of para-hydroxylation sites is 1. The summed E-state index contributed by atoms with van der Waals surface area (Å²) < 4.78 is 15.2. The molecule has 1 amide bonds. The van der Waals surface area contributed by atoms with Gasteiger partial charge in [-0.05, 0) is 42.0 Å². The SMILES string of the molecule is N#C/C(=C/c1cn(Cc2ccc(F)cc2)c2ccccc12)C(=O)Nc1cccc(Cl)c1Cl. The van der Waals surface area contributed by atoms with Crippen molar-refractivity contribution in [2.45, 2.75) is 6.54 Å². The Kier molecular flexibility index (Phi) is 6.27. The molecule has 4 rings (SSSR count). The molecule has 158 valence electrons. The van der Waals surface area contributed by atoms with Crippen LogP contribution in [0.2, 0.25) is 10.0 Å². The van der Waals surface area contributed by atoms with Gasteiger partial charge in [-0.2, -0.15) is 5.26 Å². The molecule has 4 nitrogen and oxygen atoms in total. The third-order valence-corrected chi connectivity index (χ3v) is 5.77. The summed E-state index contributed by atoms with van der Waals surface area (Å²) in [4.78, 5) is 12.7. The number of nitrogens with zero attached hydrogens (tertiary/aromatic N) is 2. The molecule has 0 bridgehead atoms. The summed E-state index contributed by atoms with van der Waals surface area (Å²) in [5.74, 6) is -0.883. The van der Waals surface area contributed by atoms with Gasteiger partial charge in [0.15, 0.2) is 0 Å². The molecule has 0 spiro atoms. The third kappa shape index (κ3) is 4.52. The van der Waals surface area contributed by atoms with E-state index in [0.29, 0.717) is 22.8 Å². The summed E-state index contributed by atoms with van der Waals surface area (Å²) in [6.45, 7) is 0.515. The van der Waals surface area contributed by atoms with Crippen molar-refractivity contribution in [1.82, 2.24) is 4.57 Å². The zero-order valence-corrected chi connectivity index (χ0v) is 18.2. The monoisotopic (exact) mass is 463 g/mol. The average Bonchev–Trinajstić information content (AvgIpc) is 3.14. The minimum absolute atomic E-state index is 0.0780. The van der Waals surface area contributed by atoms with Crippen LogP contribution in [0.25, 0.3) is 17.0 Å². The molecule has 0 fully saturated rings. The number of nitrogens with one attached hydrogen (secondary N) is 1. The van der Waals surface area contributed by atoms with Crippen molar-refractivity contribution in [3.8, 4) is 6.07 Å². The minimum Gasteiger partial charge on any atom is -0.342 e. The summed E-state index contributed by atoms with van der Waals surface area (Å²) in [5, 5.41) is 13.6. The first-order valence-electron chi connectivity index (χ1n) is 9.66. The maximum atomic E-state index is 13.2. The third-order valence-electron chi connectivity index (χ3n) is 4.95. The predicted octanol–water partition coefficient (Wildman–Crippen LogP) is 6.68. The van der Waals surface area contributed by atoms with Crippen molar-refractivity contribution in [3.05, 3.63) is 105 Å². The minimum atomic E-state index is -0.591. The van der Waals surface area contributed by atoms with Crippen LogP contribution in [0.3, 0.4) is 0 Å². The van der Waals surface area contributed by atoms with Gasteiger partial charge in [0, 0.05) is 29.2 Å². The van der Waals surface area contributed by atoms with E-state index in [1.807, 2.05) is 41.1 Å². The Hall–Kier alpha value is -3.59. The molecule has 3 aromatic carbocycles. The van der Waals surface area contributed by atoms with Crippen LogP contribution >= 0.6 is 23.2 Å². The lowest BCUT2D eigenvalue weighted by molar-refractivity contribution is -0.112. The second kappa shape index (κ2) is 9.27. The average molecular weight is 464 g/mol. The van der Waals surface area contributed by atoms with E-state index in [0.717, 1.165) is 16.5 Å². The van der Waals surface area contributed by atoms with Gasteiger partial charge in [-0.1, -0.05) is 59.6 Å². The predicted molar refractivity (Wildman–Crippen MR) is 126 cm³/mol. The van der Waals surface area contributed by atoms with Crippen molar-refractivity contribution < 1.29 is 9.18 Å². The molecule has 0 radical (unpaired) electrons. The van der Waals surface area contributed by atoms with Crippen molar-refractivity contribution in [2.24, 2.45) is 0 Å². The fourth-order valence-corrected chi connectivity index (χ4v) is 3.75. The van der Waals surface area contributed by atoms with E-state index < -0.39 is 5.91 Å². The maximum Gasteiger partial charge on any atom is 0.266 e. The van der Waals surface area contributed by atoms with E-state index in [4.69, 9.17) is 23.2 Å². The summed E-state index contributed by atoms with van der Waals surface area (Å²) in [6, 6.07) is 20.8. The van der Waals surface area contributed by atoms with Crippen LogP contribution in [0, 0.1) is 17.1 Å². The van der Waals surface area contributed by atoms with E-state index in [1.165, 1.54) is 18.2 Å². The fourth-order valence-electron chi connectivity index (χ4n) is 3.40. The molecule has 0 atom stereocenters. The molecule has 0 unspecified atom stereocenters. The number of nitriles is 1. The molecule has 0 saturated carbocycles. The Morgan fingerprint density at radius 3 is 2.56 bits per heavy atom. The highest BCUT2D eigenvalue weighted by atomic mass is 35.5. The molecule has 7 heteroatoms. The van der Waals surface area contributed by atoms with Gasteiger partial charge in [-0.15, -0.1) is 0 Å². The molecule has 0 aliphatic rings. The second-order valence-electron chi connectivity index (χ2n) is 7.08. The Morgan fingerprint density at radius 1 is 1.06 bits per heavy atom. The summed E-state index contributed by atoms with van der Waals surface area (Å²) in [6.07, 6.45) is 3.41. The second-order valence-corrected chi connectivity index (χ2v) is 7.87. The molecule has 0 aliphatic heterocycles. The number of carbonyl (C=O) groups is 1. The number of fused-ring (bicyclic) bond motifs is 1. The van der Waals surface area contributed by atoms with E-state index in [-0.39, 0.29) is 16.4 Å². The van der Waals surface area contributed by atoms with Crippen LogP contribution in [-0.2, 0) is 11.3 Å². The van der Waals surface area contributed by atoms with Crippen LogP contribution in [-0.4, -0.2) is 10.5 Å². The number of halogens is 3. The van der Waals surface area contributed by atoms with Crippen LogP contribution in [0.5, 0.6) is 0 Å². The summed E-state index contributed by atoms with van der Waals surface area (Å²) in [7, 11) is 0. The number of carbonyl (C=O) groups excluding carboxylic acids is 1. The Labute approximate surface area is 194 Å². The normalized spacial score (nSPS) is 11.4. The number of amides is 1. The Balaban J connectivity index is 1.68. The van der Waals surface area contributed by atoms with Gasteiger partial charge < -0.3 is 9.88 Å². The molecule has 0 aliphatic carbocycles. The van der Waals surface area contributed by atoms with Gasteiger partial charge >= 0.3 is 0 Å².